The van der Waals surface area contributed by atoms with Crippen LogP contribution in [0.3, 0.4) is 0 Å². The Bertz CT molecular complexity index is 1620. The van der Waals surface area contributed by atoms with Crippen molar-refractivity contribution in [2.75, 3.05) is 26.9 Å². The van der Waals surface area contributed by atoms with Gasteiger partial charge in [0.15, 0.2) is 48.0 Å². The Kier molecular flexibility index (Phi) is 14.9. The molecule has 2 aromatic rings. The second-order valence-electron chi connectivity index (χ2n) is 13.5. The number of aliphatic hydroxyl groups excluding tert-OH is 8. The lowest BCUT2D eigenvalue weighted by Gasteiger charge is -2.46. The largest absolute Gasteiger partial charge is 0.504 e. The van der Waals surface area contributed by atoms with Gasteiger partial charge in [0.1, 0.15) is 61.0 Å². The van der Waals surface area contributed by atoms with Crippen molar-refractivity contribution in [1.29, 1.82) is 0 Å². The van der Waals surface area contributed by atoms with E-state index in [-0.39, 0.29) is 30.3 Å². The number of aliphatic hydroxyl groups is 8. The maximum absolute atomic E-state index is 13.0. The summed E-state index contributed by atoms with van der Waals surface area (Å²) >= 11 is 0. The minimum Gasteiger partial charge on any atom is -0.504 e. The van der Waals surface area contributed by atoms with Gasteiger partial charge in [-0.2, -0.15) is 0 Å². The van der Waals surface area contributed by atoms with Crippen LogP contribution in [0.5, 0.6) is 23.0 Å². The number of aromatic hydroxyl groups is 3. The van der Waals surface area contributed by atoms with E-state index in [9.17, 15) is 61.0 Å². The Labute approximate surface area is 319 Å². The summed E-state index contributed by atoms with van der Waals surface area (Å²) in [6.07, 6.45) is -21.9. The van der Waals surface area contributed by atoms with E-state index < -0.39 is 117 Å². The van der Waals surface area contributed by atoms with Crippen LogP contribution in [0.1, 0.15) is 18.1 Å². The third-order valence-electron chi connectivity index (χ3n) is 9.57. The zero-order chi connectivity index (χ0) is 40.8. The van der Waals surface area contributed by atoms with Gasteiger partial charge < -0.3 is 94.1 Å². The number of phenols is 3. The number of phenolic OH excluding ortho intramolecular Hbond substituents is 3. The van der Waals surface area contributed by atoms with Crippen molar-refractivity contribution >= 4 is 12.0 Å². The summed E-state index contributed by atoms with van der Waals surface area (Å²) in [4.78, 5) is 13.0. The van der Waals surface area contributed by atoms with Crippen LogP contribution in [0.4, 0.5) is 0 Å². The Morgan fingerprint density at radius 3 is 2.09 bits per heavy atom. The molecule has 3 saturated heterocycles. The zero-order valence-electron chi connectivity index (χ0n) is 30.2. The second-order valence-corrected chi connectivity index (χ2v) is 13.5. The molecular formula is C36H48O20. The average Bonchev–Trinajstić information content (AvgIpc) is 3.18. The highest BCUT2D eigenvalue weighted by Gasteiger charge is 2.52. The van der Waals surface area contributed by atoms with Crippen LogP contribution in [-0.2, 0) is 44.4 Å². The van der Waals surface area contributed by atoms with Gasteiger partial charge in [0.05, 0.1) is 33.0 Å². The topological polar surface area (TPSA) is 313 Å². The molecule has 0 spiro atoms. The van der Waals surface area contributed by atoms with Crippen molar-refractivity contribution in [3.63, 3.8) is 0 Å². The fourth-order valence-electron chi connectivity index (χ4n) is 6.30. The van der Waals surface area contributed by atoms with Crippen molar-refractivity contribution in [2.24, 2.45) is 0 Å². The van der Waals surface area contributed by atoms with Crippen LogP contribution in [0.2, 0.25) is 0 Å². The molecule has 0 amide bonds. The summed E-state index contributed by atoms with van der Waals surface area (Å²) in [7, 11) is 1.38. The molecule has 0 aliphatic carbocycles. The lowest BCUT2D eigenvalue weighted by molar-refractivity contribution is -0.363. The summed E-state index contributed by atoms with van der Waals surface area (Å²) in [5.74, 6) is -1.74. The number of carbonyl (C=O) groups excluding carboxylic acids is 1. The number of methoxy groups -OCH3 is 1. The molecule has 2 aromatic carbocycles. The number of ether oxygens (including phenoxy) is 8. The predicted octanol–water partition coefficient (Wildman–Crippen LogP) is -2.89. The Balaban J connectivity index is 1.31. The number of rotatable bonds is 14. The number of hydrogen-bond donors (Lipinski definition) is 11. The minimum atomic E-state index is -1.87. The molecule has 3 heterocycles. The first-order valence-corrected chi connectivity index (χ1v) is 17.6. The smallest absolute Gasteiger partial charge is 0.331 e. The lowest BCUT2D eigenvalue weighted by Crippen LogP contribution is -2.65. The fraction of sp³-hybridized carbons (Fsp3) is 0.583. The van der Waals surface area contributed by atoms with Crippen molar-refractivity contribution < 1.29 is 98.9 Å². The molecule has 20 nitrogen and oxygen atoms in total. The molecule has 0 bridgehead atoms. The number of carbonyl (C=O) groups is 1. The second kappa shape index (κ2) is 19.2. The highest BCUT2D eigenvalue weighted by atomic mass is 16.7. The van der Waals surface area contributed by atoms with Crippen molar-refractivity contribution in [1.82, 2.24) is 0 Å². The van der Waals surface area contributed by atoms with Gasteiger partial charge in [-0.1, -0.05) is 12.1 Å². The SMILES string of the molecule is COc1cc(CCO[C@@H]2O[C@H](CO[C@@H]3O[C@H](CO)[C@@H](O)[C@H](O[C@@H]4O[C@@H](C)[C@H](O)[C@@H](O)[C@H]4O)[C@H]3O)[C@@H](OC(=O)/C=C/c3ccc(O)c(O)c3)[C@H](O)[C@H]2O)ccc1O. The first-order chi connectivity index (χ1) is 26.6. The van der Waals surface area contributed by atoms with Gasteiger partial charge in [0.25, 0.3) is 0 Å². The molecule has 11 N–H and O–H groups in total. The van der Waals surface area contributed by atoms with Gasteiger partial charge >= 0.3 is 5.97 Å². The molecule has 3 fully saturated rings. The van der Waals surface area contributed by atoms with Gasteiger partial charge in [0, 0.05) is 6.08 Å². The molecule has 56 heavy (non-hydrogen) atoms. The molecular weight excluding hydrogens is 752 g/mol. The number of benzene rings is 2. The Hall–Kier alpha value is -3.71. The van der Waals surface area contributed by atoms with Gasteiger partial charge in [-0.3, -0.25) is 0 Å². The van der Waals surface area contributed by atoms with E-state index in [0.717, 1.165) is 6.08 Å². The Morgan fingerprint density at radius 2 is 1.39 bits per heavy atom. The van der Waals surface area contributed by atoms with E-state index >= 15 is 0 Å². The van der Waals surface area contributed by atoms with Crippen molar-refractivity contribution in [3.05, 3.63) is 53.6 Å². The van der Waals surface area contributed by atoms with E-state index in [4.69, 9.17) is 37.9 Å². The Morgan fingerprint density at radius 1 is 0.714 bits per heavy atom. The normalized spacial score (nSPS) is 36.4. The summed E-state index contributed by atoms with van der Waals surface area (Å²) in [6, 6.07) is 8.36. The summed E-state index contributed by atoms with van der Waals surface area (Å²) in [6.45, 7) is -0.150. The summed E-state index contributed by atoms with van der Waals surface area (Å²) in [5.41, 5.74) is 0.975. The number of hydrogen-bond acceptors (Lipinski definition) is 20. The molecule has 312 valence electrons. The van der Waals surface area contributed by atoms with E-state index in [1.807, 2.05) is 0 Å². The van der Waals surface area contributed by atoms with Crippen LogP contribution in [0, 0.1) is 0 Å². The standard InChI is InChI=1S/C36H48O20/c1-15-25(42)27(44)29(46)36(52-15)56-33-26(43)22(13-37)53-35(31(33)48)51-14-23-32(55-24(41)8-5-16-3-6-18(38)20(40)11-16)28(45)30(47)34(54-23)50-10-9-17-4-7-19(39)21(12-17)49-2/h3-8,11-12,15,22-23,25-40,42-48H,9-10,13-14H2,1-2H3/b8-5+/t15-,22+,23+,25-,26+,27+,28+,29+,30+,31+,32+,33-,34+,35+,36-/m0/s1. The van der Waals surface area contributed by atoms with Crippen LogP contribution < -0.4 is 4.74 Å². The zero-order valence-corrected chi connectivity index (χ0v) is 30.2. The van der Waals surface area contributed by atoms with Crippen LogP contribution in [-0.4, -0.2) is 181 Å². The van der Waals surface area contributed by atoms with Gasteiger partial charge in [0.2, 0.25) is 0 Å². The first-order valence-electron chi connectivity index (χ1n) is 17.6. The molecule has 0 unspecified atom stereocenters. The molecule has 0 radical (unpaired) electrons. The maximum atomic E-state index is 13.0. The molecule has 3 aliphatic rings. The van der Waals surface area contributed by atoms with Crippen molar-refractivity contribution in [2.45, 2.75) is 105 Å². The van der Waals surface area contributed by atoms with E-state index in [0.29, 0.717) is 11.1 Å². The highest BCUT2D eigenvalue weighted by Crippen LogP contribution is 2.32. The molecule has 5 rings (SSSR count). The monoisotopic (exact) mass is 800 g/mol. The lowest BCUT2D eigenvalue weighted by atomic mass is 9.97. The average molecular weight is 801 g/mol. The van der Waals surface area contributed by atoms with Crippen LogP contribution >= 0.6 is 0 Å². The predicted molar refractivity (Wildman–Crippen MR) is 185 cm³/mol. The third-order valence-corrected chi connectivity index (χ3v) is 9.57. The fourth-order valence-corrected chi connectivity index (χ4v) is 6.30. The van der Waals surface area contributed by atoms with E-state index in [1.165, 1.54) is 44.4 Å². The summed E-state index contributed by atoms with van der Waals surface area (Å²) < 4.78 is 44.7. The molecule has 0 saturated carbocycles. The van der Waals surface area contributed by atoms with Gasteiger partial charge in [-0.05, 0) is 54.8 Å². The van der Waals surface area contributed by atoms with Crippen molar-refractivity contribution in [3.8, 4) is 23.0 Å². The van der Waals surface area contributed by atoms with E-state index in [2.05, 4.69) is 0 Å². The third kappa shape index (κ3) is 10.0. The highest BCUT2D eigenvalue weighted by molar-refractivity contribution is 5.87. The molecule has 20 heteroatoms. The van der Waals surface area contributed by atoms with Gasteiger partial charge in [-0.15, -0.1) is 0 Å². The molecule has 0 aromatic heterocycles. The first kappa shape index (κ1) is 43.4. The maximum Gasteiger partial charge on any atom is 0.331 e. The number of esters is 1. The minimum absolute atomic E-state index is 0.0799. The van der Waals surface area contributed by atoms with Crippen LogP contribution in [0.15, 0.2) is 42.5 Å². The molecule has 15 atom stereocenters. The quantitative estimate of drug-likeness (QED) is 0.0519. The summed E-state index contributed by atoms with van der Waals surface area (Å²) in [5, 5.41) is 114. The molecule has 3 aliphatic heterocycles. The van der Waals surface area contributed by atoms with E-state index in [1.54, 1.807) is 12.1 Å². The van der Waals surface area contributed by atoms with Crippen LogP contribution in [0.25, 0.3) is 6.08 Å². The van der Waals surface area contributed by atoms with Gasteiger partial charge in [-0.25, -0.2) is 4.79 Å².